The summed E-state index contributed by atoms with van der Waals surface area (Å²) in [5.74, 6) is 1.68. The molecule has 0 radical (unpaired) electrons. The second-order valence-corrected chi connectivity index (χ2v) is 4.19. The van der Waals surface area contributed by atoms with Crippen LogP contribution < -0.4 is 0 Å². The van der Waals surface area contributed by atoms with Crippen LogP contribution in [0.1, 0.15) is 18.2 Å². The van der Waals surface area contributed by atoms with Gasteiger partial charge in [0.2, 0.25) is 0 Å². The first-order valence-corrected chi connectivity index (χ1v) is 5.49. The lowest BCUT2D eigenvalue weighted by Gasteiger charge is -2.00. The fourth-order valence-corrected chi connectivity index (χ4v) is 1.65. The standard InChI is InChI=1S/C14H16O2/c1-10-3-5-12(6-4-10)14-8-7-13(16-14)9-11(2)15/h3-8,11,15H,9H2,1-2H3/t11-/m0/s1. The Kier molecular flexibility index (Phi) is 3.11. The number of aliphatic hydroxyl groups excluding tert-OH is 1. The van der Waals surface area contributed by atoms with Crippen molar-refractivity contribution in [2.75, 3.05) is 0 Å². The molecule has 0 saturated heterocycles. The third-order valence-electron chi connectivity index (χ3n) is 2.49. The van der Waals surface area contributed by atoms with Crippen LogP contribution in [0.15, 0.2) is 40.8 Å². The minimum atomic E-state index is -0.364. The van der Waals surface area contributed by atoms with E-state index in [1.165, 1.54) is 5.56 Å². The van der Waals surface area contributed by atoms with E-state index in [1.807, 2.05) is 24.3 Å². The summed E-state index contributed by atoms with van der Waals surface area (Å²) in [6.07, 6.45) is 0.197. The first kappa shape index (κ1) is 11.0. The summed E-state index contributed by atoms with van der Waals surface area (Å²) in [7, 11) is 0. The summed E-state index contributed by atoms with van der Waals surface area (Å²) < 4.78 is 5.66. The van der Waals surface area contributed by atoms with E-state index in [9.17, 15) is 5.11 Å². The van der Waals surface area contributed by atoms with E-state index in [0.717, 1.165) is 17.1 Å². The van der Waals surface area contributed by atoms with Crippen molar-refractivity contribution in [3.63, 3.8) is 0 Å². The molecule has 2 nitrogen and oxygen atoms in total. The Morgan fingerprint density at radius 2 is 1.81 bits per heavy atom. The molecule has 0 aliphatic rings. The predicted molar refractivity (Wildman–Crippen MR) is 64.3 cm³/mol. The number of furan rings is 1. The number of hydrogen-bond acceptors (Lipinski definition) is 2. The quantitative estimate of drug-likeness (QED) is 0.854. The highest BCUT2D eigenvalue weighted by Gasteiger charge is 2.06. The summed E-state index contributed by atoms with van der Waals surface area (Å²) in [6.45, 7) is 3.82. The van der Waals surface area contributed by atoms with E-state index in [0.29, 0.717) is 6.42 Å². The minimum absolute atomic E-state index is 0.364. The molecule has 1 heterocycles. The Labute approximate surface area is 95.5 Å². The van der Waals surface area contributed by atoms with Gasteiger partial charge in [0.25, 0.3) is 0 Å². The maximum absolute atomic E-state index is 9.26. The minimum Gasteiger partial charge on any atom is -0.461 e. The number of rotatable bonds is 3. The van der Waals surface area contributed by atoms with Crippen LogP contribution in [0.3, 0.4) is 0 Å². The van der Waals surface area contributed by atoms with Gasteiger partial charge < -0.3 is 9.52 Å². The van der Waals surface area contributed by atoms with Crippen molar-refractivity contribution in [1.29, 1.82) is 0 Å². The monoisotopic (exact) mass is 216 g/mol. The Hall–Kier alpha value is -1.54. The fraction of sp³-hybridized carbons (Fsp3) is 0.286. The molecule has 0 spiro atoms. The topological polar surface area (TPSA) is 33.4 Å². The second kappa shape index (κ2) is 4.54. The first-order chi connectivity index (χ1) is 7.65. The highest BCUT2D eigenvalue weighted by molar-refractivity contribution is 5.57. The van der Waals surface area contributed by atoms with Crippen LogP contribution in [-0.4, -0.2) is 11.2 Å². The third kappa shape index (κ3) is 2.52. The number of aryl methyl sites for hydroxylation is 1. The van der Waals surface area contributed by atoms with Gasteiger partial charge in [0.1, 0.15) is 11.5 Å². The Morgan fingerprint density at radius 1 is 1.12 bits per heavy atom. The van der Waals surface area contributed by atoms with Gasteiger partial charge in [-0.2, -0.15) is 0 Å². The highest BCUT2D eigenvalue weighted by Crippen LogP contribution is 2.23. The fourth-order valence-electron chi connectivity index (χ4n) is 1.65. The normalized spacial score (nSPS) is 12.7. The number of aliphatic hydroxyl groups is 1. The van der Waals surface area contributed by atoms with Crippen LogP contribution in [0.5, 0.6) is 0 Å². The molecule has 16 heavy (non-hydrogen) atoms. The Balaban J connectivity index is 2.21. The van der Waals surface area contributed by atoms with E-state index in [4.69, 9.17) is 4.42 Å². The molecular formula is C14H16O2. The summed E-state index contributed by atoms with van der Waals surface area (Å²) >= 11 is 0. The molecule has 2 aromatic rings. The van der Waals surface area contributed by atoms with Crippen LogP contribution >= 0.6 is 0 Å². The molecule has 1 aromatic carbocycles. The molecule has 1 N–H and O–H groups in total. The third-order valence-corrected chi connectivity index (χ3v) is 2.49. The molecule has 0 saturated carbocycles. The molecule has 2 rings (SSSR count). The lowest BCUT2D eigenvalue weighted by Crippen LogP contribution is -2.02. The van der Waals surface area contributed by atoms with Gasteiger partial charge in [0.05, 0.1) is 6.10 Å². The van der Waals surface area contributed by atoms with Crippen LogP contribution in [-0.2, 0) is 6.42 Å². The van der Waals surface area contributed by atoms with E-state index < -0.39 is 0 Å². The van der Waals surface area contributed by atoms with E-state index in [-0.39, 0.29) is 6.10 Å². The molecule has 0 fully saturated rings. The van der Waals surface area contributed by atoms with Crippen molar-refractivity contribution in [1.82, 2.24) is 0 Å². The van der Waals surface area contributed by atoms with Gasteiger partial charge in [-0.1, -0.05) is 29.8 Å². The molecule has 84 valence electrons. The maximum atomic E-state index is 9.26. The van der Waals surface area contributed by atoms with Crippen LogP contribution in [0.4, 0.5) is 0 Å². The summed E-state index contributed by atoms with van der Waals surface area (Å²) in [4.78, 5) is 0. The highest BCUT2D eigenvalue weighted by atomic mass is 16.3. The van der Waals surface area contributed by atoms with Gasteiger partial charge in [-0.3, -0.25) is 0 Å². The zero-order chi connectivity index (χ0) is 11.5. The molecule has 1 atom stereocenters. The van der Waals surface area contributed by atoms with Crippen LogP contribution in [0.25, 0.3) is 11.3 Å². The zero-order valence-corrected chi connectivity index (χ0v) is 9.60. The van der Waals surface area contributed by atoms with Crippen molar-refractivity contribution >= 4 is 0 Å². The van der Waals surface area contributed by atoms with Gasteiger partial charge in [-0.15, -0.1) is 0 Å². The van der Waals surface area contributed by atoms with E-state index in [2.05, 4.69) is 19.1 Å². The van der Waals surface area contributed by atoms with Gasteiger partial charge in [0, 0.05) is 12.0 Å². The SMILES string of the molecule is Cc1ccc(-c2ccc(C[C@H](C)O)o2)cc1. The summed E-state index contributed by atoms with van der Waals surface area (Å²) in [5, 5.41) is 9.26. The van der Waals surface area contributed by atoms with Gasteiger partial charge in [-0.05, 0) is 26.0 Å². The van der Waals surface area contributed by atoms with Gasteiger partial charge >= 0.3 is 0 Å². The van der Waals surface area contributed by atoms with E-state index in [1.54, 1.807) is 6.92 Å². The molecule has 1 aromatic heterocycles. The first-order valence-electron chi connectivity index (χ1n) is 5.49. The second-order valence-electron chi connectivity index (χ2n) is 4.19. The van der Waals surface area contributed by atoms with Gasteiger partial charge in [0.15, 0.2) is 0 Å². The lowest BCUT2D eigenvalue weighted by molar-refractivity contribution is 0.187. The van der Waals surface area contributed by atoms with Crippen molar-refractivity contribution < 1.29 is 9.52 Å². The predicted octanol–water partition coefficient (Wildman–Crippen LogP) is 3.18. The molecule has 2 heteroatoms. The number of benzene rings is 1. The Bertz CT molecular complexity index is 452. The van der Waals surface area contributed by atoms with Crippen molar-refractivity contribution in [2.45, 2.75) is 26.4 Å². The van der Waals surface area contributed by atoms with Crippen molar-refractivity contribution in [3.8, 4) is 11.3 Å². The van der Waals surface area contributed by atoms with Crippen LogP contribution in [0.2, 0.25) is 0 Å². The molecule has 0 bridgehead atoms. The van der Waals surface area contributed by atoms with Gasteiger partial charge in [-0.25, -0.2) is 0 Å². The zero-order valence-electron chi connectivity index (χ0n) is 9.60. The largest absolute Gasteiger partial charge is 0.461 e. The average molecular weight is 216 g/mol. The maximum Gasteiger partial charge on any atom is 0.134 e. The lowest BCUT2D eigenvalue weighted by atomic mass is 10.1. The Morgan fingerprint density at radius 3 is 2.44 bits per heavy atom. The molecule has 0 unspecified atom stereocenters. The number of hydrogen-bond donors (Lipinski definition) is 1. The average Bonchev–Trinajstić information content (AvgIpc) is 2.66. The summed E-state index contributed by atoms with van der Waals surface area (Å²) in [5.41, 5.74) is 2.31. The molecular weight excluding hydrogens is 200 g/mol. The molecule has 0 amide bonds. The molecule has 0 aliphatic carbocycles. The van der Waals surface area contributed by atoms with E-state index >= 15 is 0 Å². The summed E-state index contributed by atoms with van der Waals surface area (Å²) in [6, 6.07) is 12.1. The molecule has 0 aliphatic heterocycles. The smallest absolute Gasteiger partial charge is 0.134 e. The van der Waals surface area contributed by atoms with Crippen molar-refractivity contribution in [2.24, 2.45) is 0 Å². The van der Waals surface area contributed by atoms with Crippen molar-refractivity contribution in [3.05, 3.63) is 47.7 Å². The van der Waals surface area contributed by atoms with Crippen LogP contribution in [0, 0.1) is 6.92 Å².